The van der Waals surface area contributed by atoms with Crippen molar-refractivity contribution in [3.05, 3.63) is 80.6 Å². The molecular formula is C28H31N5O3S2. The molecular weight excluding hydrogens is 518 g/mol. The highest BCUT2D eigenvalue weighted by atomic mass is 32.2. The van der Waals surface area contributed by atoms with Crippen molar-refractivity contribution in [2.45, 2.75) is 19.9 Å². The smallest absolute Gasteiger partial charge is 0.267 e. The summed E-state index contributed by atoms with van der Waals surface area (Å²) in [4.78, 5) is 38.6. The fourth-order valence-electron chi connectivity index (χ4n) is 4.82. The molecule has 1 aromatic carbocycles. The normalized spacial score (nSPS) is 17.8. The van der Waals surface area contributed by atoms with Crippen molar-refractivity contribution in [1.29, 1.82) is 0 Å². The second kappa shape index (κ2) is 11.8. The topological polar surface area (TPSA) is 70.4 Å². The first-order chi connectivity index (χ1) is 18.5. The molecule has 5 rings (SSSR count). The number of nitrogens with zero attached hydrogens (tertiary/aromatic N) is 5. The van der Waals surface area contributed by atoms with Gasteiger partial charge in [-0.15, -0.1) is 0 Å². The van der Waals surface area contributed by atoms with Crippen LogP contribution in [0.2, 0.25) is 0 Å². The number of hydrogen-bond acceptors (Lipinski definition) is 8. The zero-order valence-corrected chi connectivity index (χ0v) is 23.3. The highest BCUT2D eigenvalue weighted by Crippen LogP contribution is 2.34. The number of anilines is 1. The van der Waals surface area contributed by atoms with E-state index in [-0.39, 0.29) is 11.5 Å². The fraction of sp³-hybridized carbons (Fsp3) is 0.357. The van der Waals surface area contributed by atoms with E-state index in [0.717, 1.165) is 38.3 Å². The van der Waals surface area contributed by atoms with E-state index in [1.165, 1.54) is 17.3 Å². The molecule has 0 saturated carbocycles. The Balaban J connectivity index is 1.46. The Morgan fingerprint density at radius 3 is 2.58 bits per heavy atom. The van der Waals surface area contributed by atoms with E-state index in [2.05, 4.69) is 34.1 Å². The predicted molar refractivity (Wildman–Crippen MR) is 157 cm³/mol. The van der Waals surface area contributed by atoms with Gasteiger partial charge in [0.2, 0.25) is 0 Å². The molecule has 0 aliphatic carbocycles. The van der Waals surface area contributed by atoms with Crippen LogP contribution in [0.3, 0.4) is 0 Å². The third-order valence-corrected chi connectivity index (χ3v) is 8.24. The molecule has 2 fully saturated rings. The third kappa shape index (κ3) is 5.54. The maximum Gasteiger partial charge on any atom is 0.267 e. The minimum absolute atomic E-state index is 0.177. The van der Waals surface area contributed by atoms with Crippen LogP contribution < -0.4 is 10.5 Å². The van der Waals surface area contributed by atoms with Gasteiger partial charge in [0, 0.05) is 59.2 Å². The van der Waals surface area contributed by atoms with E-state index in [4.69, 9.17) is 21.9 Å². The summed E-state index contributed by atoms with van der Waals surface area (Å²) < 4.78 is 7.18. The summed E-state index contributed by atoms with van der Waals surface area (Å²) in [5.74, 6) is 0.441. The Morgan fingerprint density at radius 2 is 1.84 bits per heavy atom. The lowest BCUT2D eigenvalue weighted by molar-refractivity contribution is -0.122. The summed E-state index contributed by atoms with van der Waals surface area (Å²) in [7, 11) is 1.63. The lowest BCUT2D eigenvalue weighted by Gasteiger charge is -2.36. The Kier molecular flexibility index (Phi) is 8.23. The first-order valence-electron chi connectivity index (χ1n) is 12.7. The van der Waals surface area contributed by atoms with Crippen LogP contribution in [0.4, 0.5) is 5.82 Å². The van der Waals surface area contributed by atoms with Crippen molar-refractivity contribution in [3.8, 4) is 0 Å². The zero-order valence-electron chi connectivity index (χ0n) is 21.6. The molecule has 2 aliphatic heterocycles. The summed E-state index contributed by atoms with van der Waals surface area (Å²) >= 11 is 6.72. The average molecular weight is 550 g/mol. The van der Waals surface area contributed by atoms with E-state index >= 15 is 0 Å². The van der Waals surface area contributed by atoms with E-state index in [0.29, 0.717) is 45.8 Å². The number of fused-ring (bicyclic) bond motifs is 1. The standard InChI is InChI=1S/C28H31N5O3S2/c1-20-8-6-11-32-24(20)29-25(31-15-13-30(14-16-31)19-21-9-4-3-5-10-21)22(26(32)34)18-23-27(35)33(28(37)38-23)12-7-17-36-2/h3-6,8-11,18H,7,12-17,19H2,1-2H3/b23-18-. The number of piperazine rings is 1. The van der Waals surface area contributed by atoms with Crippen LogP contribution in [0.5, 0.6) is 0 Å². The number of rotatable bonds is 8. The summed E-state index contributed by atoms with van der Waals surface area (Å²) in [5, 5.41) is 0. The van der Waals surface area contributed by atoms with Crippen LogP contribution in [-0.4, -0.2) is 75.9 Å². The van der Waals surface area contributed by atoms with Gasteiger partial charge in [0.05, 0.1) is 10.5 Å². The minimum Gasteiger partial charge on any atom is -0.385 e. The Morgan fingerprint density at radius 1 is 1.08 bits per heavy atom. The summed E-state index contributed by atoms with van der Waals surface area (Å²) in [6, 6.07) is 14.2. The van der Waals surface area contributed by atoms with Gasteiger partial charge in [-0.2, -0.15) is 0 Å². The lowest BCUT2D eigenvalue weighted by atomic mass is 10.1. The molecule has 2 saturated heterocycles. The average Bonchev–Trinajstić information content (AvgIpc) is 3.19. The number of benzene rings is 1. The highest BCUT2D eigenvalue weighted by Gasteiger charge is 2.33. The number of carbonyl (C=O) groups excluding carboxylic acids is 1. The number of methoxy groups -OCH3 is 1. The molecule has 0 unspecified atom stereocenters. The number of aromatic nitrogens is 2. The van der Waals surface area contributed by atoms with Gasteiger partial charge < -0.3 is 9.64 Å². The van der Waals surface area contributed by atoms with Crippen molar-refractivity contribution in [3.63, 3.8) is 0 Å². The first-order valence-corrected chi connectivity index (χ1v) is 14.0. The van der Waals surface area contributed by atoms with Gasteiger partial charge >= 0.3 is 0 Å². The van der Waals surface area contributed by atoms with E-state index < -0.39 is 0 Å². The third-order valence-electron chi connectivity index (χ3n) is 6.86. The molecule has 0 atom stereocenters. The van der Waals surface area contributed by atoms with Crippen LogP contribution in [0.1, 0.15) is 23.1 Å². The van der Waals surface area contributed by atoms with Crippen LogP contribution >= 0.6 is 24.0 Å². The summed E-state index contributed by atoms with van der Waals surface area (Å²) in [6.07, 6.45) is 4.10. The molecule has 2 aliphatic rings. The van der Waals surface area contributed by atoms with Crippen molar-refractivity contribution in [2.24, 2.45) is 0 Å². The van der Waals surface area contributed by atoms with Crippen molar-refractivity contribution >= 4 is 51.7 Å². The fourth-order valence-corrected chi connectivity index (χ4v) is 6.11. The lowest BCUT2D eigenvalue weighted by Crippen LogP contribution is -2.47. The number of carbonyl (C=O) groups is 1. The van der Waals surface area contributed by atoms with Gasteiger partial charge in [0.15, 0.2) is 0 Å². The second-order valence-corrected chi connectivity index (χ2v) is 11.1. The van der Waals surface area contributed by atoms with Crippen LogP contribution in [0.25, 0.3) is 11.7 Å². The van der Waals surface area contributed by atoms with E-state index in [9.17, 15) is 9.59 Å². The van der Waals surface area contributed by atoms with Gasteiger partial charge in [-0.3, -0.25) is 23.8 Å². The molecule has 0 bridgehead atoms. The van der Waals surface area contributed by atoms with Gasteiger partial charge in [0.1, 0.15) is 15.8 Å². The number of hydrogen-bond donors (Lipinski definition) is 0. The largest absolute Gasteiger partial charge is 0.385 e. The minimum atomic E-state index is -0.190. The second-order valence-electron chi connectivity index (χ2n) is 9.47. The predicted octanol–water partition coefficient (Wildman–Crippen LogP) is 3.56. The quantitative estimate of drug-likeness (QED) is 0.240. The zero-order chi connectivity index (χ0) is 26.6. The molecule has 0 spiro atoms. The number of thioether (sulfide) groups is 1. The molecule has 3 aromatic rings. The highest BCUT2D eigenvalue weighted by molar-refractivity contribution is 8.26. The summed E-state index contributed by atoms with van der Waals surface area (Å²) in [5.41, 5.74) is 3.06. The number of pyridine rings is 1. The number of thiocarbonyl (C=S) groups is 1. The number of ether oxygens (including phenoxy) is 1. The summed E-state index contributed by atoms with van der Waals surface area (Å²) in [6.45, 7) is 7.05. The molecule has 0 radical (unpaired) electrons. The molecule has 10 heteroatoms. The van der Waals surface area contributed by atoms with Crippen molar-refractivity contribution < 1.29 is 9.53 Å². The Hall–Kier alpha value is -3.05. The molecule has 198 valence electrons. The molecule has 4 heterocycles. The monoisotopic (exact) mass is 549 g/mol. The maximum absolute atomic E-state index is 13.8. The number of amides is 1. The first kappa shape index (κ1) is 26.6. The van der Waals surface area contributed by atoms with E-state index in [1.807, 2.05) is 25.1 Å². The number of aryl methyl sites for hydroxylation is 1. The van der Waals surface area contributed by atoms with Crippen molar-refractivity contribution in [1.82, 2.24) is 19.2 Å². The SMILES string of the molecule is COCCCN1C(=O)/C(=C/c2c(N3CCN(Cc4ccccc4)CC3)nc3c(C)cccn3c2=O)SC1=S. The molecule has 0 N–H and O–H groups in total. The van der Waals surface area contributed by atoms with Crippen LogP contribution in [0.15, 0.2) is 58.4 Å². The van der Waals surface area contributed by atoms with Gasteiger partial charge in [-0.1, -0.05) is 60.4 Å². The Bertz CT molecular complexity index is 1430. The van der Waals surface area contributed by atoms with Gasteiger partial charge in [-0.05, 0) is 36.6 Å². The van der Waals surface area contributed by atoms with Crippen LogP contribution in [-0.2, 0) is 16.1 Å². The van der Waals surface area contributed by atoms with Gasteiger partial charge in [0.25, 0.3) is 11.5 Å². The van der Waals surface area contributed by atoms with Crippen LogP contribution in [0, 0.1) is 6.92 Å². The maximum atomic E-state index is 13.8. The van der Waals surface area contributed by atoms with Gasteiger partial charge in [-0.25, -0.2) is 4.98 Å². The Labute approximate surface area is 231 Å². The molecule has 1 amide bonds. The van der Waals surface area contributed by atoms with Crippen molar-refractivity contribution in [2.75, 3.05) is 51.3 Å². The molecule has 2 aromatic heterocycles. The van der Waals surface area contributed by atoms with E-state index in [1.54, 1.807) is 28.7 Å². The molecule has 38 heavy (non-hydrogen) atoms. The molecule has 8 nitrogen and oxygen atoms in total.